The summed E-state index contributed by atoms with van der Waals surface area (Å²) in [4.78, 5) is 11.3. The molecule has 0 aromatic heterocycles. The predicted octanol–water partition coefficient (Wildman–Crippen LogP) is 0.102. The summed E-state index contributed by atoms with van der Waals surface area (Å²) in [5.41, 5.74) is 5.55. The summed E-state index contributed by atoms with van der Waals surface area (Å²) < 4.78 is 23.7. The standard InChI is InChI=1S/C9H18F2N2O2/c1-3-5(2)7(12)9(15)13-4-6(14)8(10)11/h5-8,14H,3-4,12H2,1-2H3,(H,13,15)/t5-,6?,7-/m0/s1. The molecule has 0 spiro atoms. The van der Waals surface area contributed by atoms with Gasteiger partial charge in [-0.25, -0.2) is 8.78 Å². The smallest absolute Gasteiger partial charge is 0.265 e. The van der Waals surface area contributed by atoms with Gasteiger partial charge in [-0.1, -0.05) is 20.3 Å². The number of aliphatic hydroxyl groups excluding tert-OH is 1. The van der Waals surface area contributed by atoms with E-state index in [2.05, 4.69) is 5.32 Å². The van der Waals surface area contributed by atoms with Crippen LogP contribution >= 0.6 is 0 Å². The number of carbonyl (C=O) groups excluding carboxylic acids is 1. The summed E-state index contributed by atoms with van der Waals surface area (Å²) in [6.07, 6.45) is -3.96. The molecule has 0 radical (unpaired) electrons. The average molecular weight is 224 g/mol. The zero-order valence-corrected chi connectivity index (χ0v) is 8.91. The first-order valence-electron chi connectivity index (χ1n) is 4.89. The van der Waals surface area contributed by atoms with E-state index >= 15 is 0 Å². The molecular formula is C9H18F2N2O2. The molecule has 0 saturated heterocycles. The van der Waals surface area contributed by atoms with Crippen LogP contribution in [0.15, 0.2) is 0 Å². The van der Waals surface area contributed by atoms with Gasteiger partial charge in [-0.3, -0.25) is 4.79 Å². The third-order valence-electron chi connectivity index (χ3n) is 2.34. The Morgan fingerprint density at radius 1 is 1.53 bits per heavy atom. The van der Waals surface area contributed by atoms with Crippen LogP contribution in [-0.4, -0.2) is 36.1 Å². The fraction of sp³-hybridized carbons (Fsp3) is 0.889. The third kappa shape index (κ3) is 5.03. The molecule has 0 aliphatic heterocycles. The molecule has 4 nitrogen and oxygen atoms in total. The SMILES string of the molecule is CC[C@H](C)[C@H](N)C(=O)NCC(O)C(F)F. The highest BCUT2D eigenvalue weighted by Gasteiger charge is 2.22. The Hall–Kier alpha value is -0.750. The van der Waals surface area contributed by atoms with Crippen molar-refractivity contribution >= 4 is 5.91 Å². The second-order valence-corrected chi connectivity index (χ2v) is 3.56. The maximum atomic E-state index is 11.9. The second-order valence-electron chi connectivity index (χ2n) is 3.56. The van der Waals surface area contributed by atoms with Gasteiger partial charge in [0.1, 0.15) is 6.10 Å². The number of nitrogens with two attached hydrogens (primary N) is 1. The molecule has 0 heterocycles. The molecule has 3 atom stereocenters. The topological polar surface area (TPSA) is 75.4 Å². The van der Waals surface area contributed by atoms with E-state index in [4.69, 9.17) is 10.8 Å². The molecule has 0 aromatic carbocycles. The van der Waals surface area contributed by atoms with E-state index in [0.29, 0.717) is 0 Å². The summed E-state index contributed by atoms with van der Waals surface area (Å²) in [7, 11) is 0. The molecular weight excluding hydrogens is 206 g/mol. The summed E-state index contributed by atoms with van der Waals surface area (Å²) in [5.74, 6) is -0.530. The van der Waals surface area contributed by atoms with Crippen LogP contribution in [0.2, 0.25) is 0 Å². The molecule has 0 aliphatic rings. The molecule has 0 rings (SSSR count). The van der Waals surface area contributed by atoms with Crippen molar-refractivity contribution in [2.45, 2.75) is 38.8 Å². The van der Waals surface area contributed by atoms with E-state index in [1.165, 1.54) is 0 Å². The lowest BCUT2D eigenvalue weighted by molar-refractivity contribution is -0.124. The number of rotatable bonds is 6. The van der Waals surface area contributed by atoms with Crippen molar-refractivity contribution in [1.29, 1.82) is 0 Å². The van der Waals surface area contributed by atoms with Crippen molar-refractivity contribution in [3.05, 3.63) is 0 Å². The quantitative estimate of drug-likeness (QED) is 0.599. The van der Waals surface area contributed by atoms with Crippen LogP contribution in [0.5, 0.6) is 0 Å². The maximum absolute atomic E-state index is 11.9. The first-order chi connectivity index (χ1) is 6.90. The minimum Gasteiger partial charge on any atom is -0.385 e. The molecule has 1 unspecified atom stereocenters. The lowest BCUT2D eigenvalue weighted by Gasteiger charge is -2.18. The summed E-state index contributed by atoms with van der Waals surface area (Å²) in [6, 6.07) is -0.722. The largest absolute Gasteiger partial charge is 0.385 e. The van der Waals surface area contributed by atoms with Gasteiger partial charge in [-0.05, 0) is 5.92 Å². The van der Waals surface area contributed by atoms with Crippen LogP contribution in [0.3, 0.4) is 0 Å². The Labute approximate surface area is 87.8 Å². The summed E-state index contributed by atoms with van der Waals surface area (Å²) in [6.45, 7) is 3.21. The number of hydrogen-bond donors (Lipinski definition) is 3. The monoisotopic (exact) mass is 224 g/mol. The van der Waals surface area contributed by atoms with E-state index in [9.17, 15) is 13.6 Å². The summed E-state index contributed by atoms with van der Waals surface area (Å²) >= 11 is 0. The molecule has 0 aliphatic carbocycles. The average Bonchev–Trinajstić information content (AvgIpc) is 2.22. The lowest BCUT2D eigenvalue weighted by Crippen LogP contribution is -2.47. The van der Waals surface area contributed by atoms with Crippen molar-refractivity contribution in [2.75, 3.05) is 6.54 Å². The second kappa shape index (κ2) is 6.68. The molecule has 0 aromatic rings. The zero-order valence-electron chi connectivity index (χ0n) is 8.91. The zero-order chi connectivity index (χ0) is 12.0. The van der Waals surface area contributed by atoms with Crippen molar-refractivity contribution in [3.63, 3.8) is 0 Å². The first kappa shape index (κ1) is 14.2. The van der Waals surface area contributed by atoms with E-state index < -0.39 is 31.0 Å². The fourth-order valence-electron chi connectivity index (χ4n) is 0.924. The minimum absolute atomic E-state index is 0.0197. The van der Waals surface area contributed by atoms with Gasteiger partial charge in [-0.2, -0.15) is 0 Å². The van der Waals surface area contributed by atoms with Crippen LogP contribution in [-0.2, 0) is 4.79 Å². The van der Waals surface area contributed by atoms with E-state index in [-0.39, 0.29) is 5.92 Å². The van der Waals surface area contributed by atoms with Gasteiger partial charge < -0.3 is 16.2 Å². The Morgan fingerprint density at radius 3 is 2.47 bits per heavy atom. The Morgan fingerprint density at radius 2 is 2.07 bits per heavy atom. The third-order valence-corrected chi connectivity index (χ3v) is 2.34. The molecule has 0 bridgehead atoms. The van der Waals surface area contributed by atoms with E-state index in [1.54, 1.807) is 6.92 Å². The van der Waals surface area contributed by atoms with Crippen LogP contribution < -0.4 is 11.1 Å². The number of halogens is 2. The van der Waals surface area contributed by atoms with Gasteiger partial charge in [-0.15, -0.1) is 0 Å². The highest BCUT2D eigenvalue weighted by Crippen LogP contribution is 2.05. The Balaban J connectivity index is 3.93. The van der Waals surface area contributed by atoms with Crippen molar-refractivity contribution in [3.8, 4) is 0 Å². The number of hydrogen-bond acceptors (Lipinski definition) is 3. The number of carbonyl (C=O) groups is 1. The number of nitrogens with one attached hydrogen (secondary N) is 1. The highest BCUT2D eigenvalue weighted by atomic mass is 19.3. The molecule has 90 valence electrons. The van der Waals surface area contributed by atoms with Gasteiger partial charge in [0.15, 0.2) is 0 Å². The summed E-state index contributed by atoms with van der Waals surface area (Å²) in [5, 5.41) is 10.9. The molecule has 0 fully saturated rings. The van der Waals surface area contributed by atoms with Crippen LogP contribution in [0.1, 0.15) is 20.3 Å². The highest BCUT2D eigenvalue weighted by molar-refractivity contribution is 5.81. The van der Waals surface area contributed by atoms with Gasteiger partial charge in [0.25, 0.3) is 6.43 Å². The predicted molar refractivity (Wildman–Crippen MR) is 52.5 cm³/mol. The molecule has 1 amide bonds. The van der Waals surface area contributed by atoms with Crippen molar-refractivity contribution < 1.29 is 18.7 Å². The Kier molecular flexibility index (Phi) is 6.35. The molecule has 4 N–H and O–H groups in total. The Bertz CT molecular complexity index is 203. The number of amides is 1. The van der Waals surface area contributed by atoms with Gasteiger partial charge >= 0.3 is 0 Å². The molecule has 0 saturated carbocycles. The first-order valence-corrected chi connectivity index (χ1v) is 4.89. The van der Waals surface area contributed by atoms with E-state index in [0.717, 1.165) is 6.42 Å². The van der Waals surface area contributed by atoms with Crippen LogP contribution in [0, 0.1) is 5.92 Å². The fourth-order valence-corrected chi connectivity index (χ4v) is 0.924. The van der Waals surface area contributed by atoms with Gasteiger partial charge in [0.05, 0.1) is 6.04 Å². The van der Waals surface area contributed by atoms with Crippen molar-refractivity contribution in [1.82, 2.24) is 5.32 Å². The number of aliphatic hydroxyl groups is 1. The maximum Gasteiger partial charge on any atom is 0.265 e. The van der Waals surface area contributed by atoms with Gasteiger partial charge in [0.2, 0.25) is 5.91 Å². The normalized spacial score (nSPS) is 17.3. The van der Waals surface area contributed by atoms with E-state index in [1.807, 2.05) is 6.92 Å². The van der Waals surface area contributed by atoms with Crippen LogP contribution in [0.4, 0.5) is 8.78 Å². The number of alkyl halides is 2. The van der Waals surface area contributed by atoms with Crippen LogP contribution in [0.25, 0.3) is 0 Å². The molecule has 6 heteroatoms. The lowest BCUT2D eigenvalue weighted by atomic mass is 9.99. The minimum atomic E-state index is -2.86. The van der Waals surface area contributed by atoms with Crippen molar-refractivity contribution in [2.24, 2.45) is 11.7 Å². The van der Waals surface area contributed by atoms with Gasteiger partial charge in [0, 0.05) is 6.54 Å². The molecule has 15 heavy (non-hydrogen) atoms.